The lowest BCUT2D eigenvalue weighted by molar-refractivity contribution is 0.731. The Bertz CT molecular complexity index is 857. The number of aryl methyl sites for hydroxylation is 1. The van der Waals surface area contributed by atoms with Crippen LogP contribution in [0.25, 0.3) is 11.4 Å². The van der Waals surface area contributed by atoms with Gasteiger partial charge in [-0.2, -0.15) is 0 Å². The van der Waals surface area contributed by atoms with Crippen LogP contribution in [0.5, 0.6) is 0 Å². The summed E-state index contributed by atoms with van der Waals surface area (Å²) in [5.74, 6) is 1.62. The number of aromatic nitrogens is 3. The van der Waals surface area contributed by atoms with Crippen LogP contribution in [-0.4, -0.2) is 14.8 Å². The fourth-order valence-electron chi connectivity index (χ4n) is 2.48. The highest BCUT2D eigenvalue weighted by Crippen LogP contribution is 2.30. The Morgan fingerprint density at radius 1 is 1.17 bits per heavy atom. The standard InChI is InChI=1S/C19H18ClN3S/c1-3-11-23-18(16-9-4-5-10-17(16)20)21-22-19(23)24-13-15-8-6-7-14(2)12-15/h3-10,12H,1,11,13H2,2H3. The van der Waals surface area contributed by atoms with Gasteiger partial charge in [-0.25, -0.2) is 0 Å². The molecule has 0 spiro atoms. The molecule has 3 nitrogen and oxygen atoms in total. The van der Waals surface area contributed by atoms with Crippen molar-refractivity contribution >= 4 is 23.4 Å². The molecule has 1 heterocycles. The zero-order valence-electron chi connectivity index (χ0n) is 13.4. The molecule has 0 amide bonds. The maximum Gasteiger partial charge on any atom is 0.192 e. The molecular weight excluding hydrogens is 338 g/mol. The van der Waals surface area contributed by atoms with E-state index in [1.807, 2.05) is 30.3 Å². The predicted molar refractivity (Wildman–Crippen MR) is 101 cm³/mol. The first kappa shape index (κ1) is 16.8. The highest BCUT2D eigenvalue weighted by molar-refractivity contribution is 7.98. The van der Waals surface area contributed by atoms with Gasteiger partial charge < -0.3 is 0 Å². The lowest BCUT2D eigenvalue weighted by Crippen LogP contribution is -2.01. The first-order valence-corrected chi connectivity index (χ1v) is 9.02. The minimum absolute atomic E-state index is 0.643. The van der Waals surface area contributed by atoms with E-state index in [9.17, 15) is 0 Å². The van der Waals surface area contributed by atoms with Gasteiger partial charge in [-0.05, 0) is 24.6 Å². The monoisotopic (exact) mass is 355 g/mol. The van der Waals surface area contributed by atoms with Crippen LogP contribution in [-0.2, 0) is 12.3 Å². The quantitative estimate of drug-likeness (QED) is 0.439. The van der Waals surface area contributed by atoms with Gasteiger partial charge in [0.05, 0.1) is 5.02 Å². The molecule has 24 heavy (non-hydrogen) atoms. The summed E-state index contributed by atoms with van der Waals surface area (Å²) < 4.78 is 2.05. The van der Waals surface area contributed by atoms with Gasteiger partial charge in [0, 0.05) is 17.9 Å². The zero-order valence-corrected chi connectivity index (χ0v) is 15.0. The average Bonchev–Trinajstić information content (AvgIpc) is 2.97. The second kappa shape index (κ2) is 7.69. The van der Waals surface area contributed by atoms with Crippen LogP contribution >= 0.6 is 23.4 Å². The van der Waals surface area contributed by atoms with E-state index in [1.165, 1.54) is 11.1 Å². The molecule has 0 aliphatic heterocycles. The highest BCUT2D eigenvalue weighted by atomic mass is 35.5. The van der Waals surface area contributed by atoms with E-state index in [4.69, 9.17) is 11.6 Å². The third-order valence-electron chi connectivity index (χ3n) is 3.59. The minimum atomic E-state index is 0.643. The van der Waals surface area contributed by atoms with Gasteiger partial charge >= 0.3 is 0 Å². The van der Waals surface area contributed by atoms with Gasteiger partial charge in [0.25, 0.3) is 0 Å². The molecule has 5 heteroatoms. The second-order valence-corrected chi connectivity index (χ2v) is 6.81. The van der Waals surface area contributed by atoms with Crippen molar-refractivity contribution in [3.63, 3.8) is 0 Å². The van der Waals surface area contributed by atoms with Crippen molar-refractivity contribution in [2.24, 2.45) is 0 Å². The molecular formula is C19H18ClN3S. The molecule has 0 aliphatic rings. The summed E-state index contributed by atoms with van der Waals surface area (Å²) in [6.07, 6.45) is 1.85. The van der Waals surface area contributed by atoms with Crippen molar-refractivity contribution in [1.29, 1.82) is 0 Å². The first-order chi connectivity index (χ1) is 11.7. The number of rotatable bonds is 6. The first-order valence-electron chi connectivity index (χ1n) is 7.66. The predicted octanol–water partition coefficient (Wildman–Crippen LogP) is 5.39. The molecule has 0 radical (unpaired) electrons. The van der Waals surface area contributed by atoms with Crippen LogP contribution in [0.3, 0.4) is 0 Å². The summed E-state index contributed by atoms with van der Waals surface area (Å²) >= 11 is 7.99. The fourth-order valence-corrected chi connectivity index (χ4v) is 3.59. The number of halogens is 1. The van der Waals surface area contributed by atoms with Gasteiger partial charge in [0.15, 0.2) is 11.0 Å². The van der Waals surface area contributed by atoms with Crippen LogP contribution in [0, 0.1) is 6.92 Å². The van der Waals surface area contributed by atoms with E-state index < -0.39 is 0 Å². The average molecular weight is 356 g/mol. The third kappa shape index (κ3) is 3.71. The Kier molecular flexibility index (Phi) is 5.38. The Morgan fingerprint density at radius 3 is 2.75 bits per heavy atom. The number of allylic oxidation sites excluding steroid dienone is 1. The number of nitrogens with zero attached hydrogens (tertiary/aromatic N) is 3. The number of hydrogen-bond acceptors (Lipinski definition) is 3. The van der Waals surface area contributed by atoms with Crippen molar-refractivity contribution in [1.82, 2.24) is 14.8 Å². The Morgan fingerprint density at radius 2 is 2.00 bits per heavy atom. The summed E-state index contributed by atoms with van der Waals surface area (Å²) in [6.45, 7) is 6.59. The maximum atomic E-state index is 6.32. The van der Waals surface area contributed by atoms with Gasteiger partial charge in [-0.15, -0.1) is 16.8 Å². The summed E-state index contributed by atoms with van der Waals surface area (Å²) in [7, 11) is 0. The van der Waals surface area contributed by atoms with Gasteiger partial charge in [-0.3, -0.25) is 4.57 Å². The fraction of sp³-hybridized carbons (Fsp3) is 0.158. The minimum Gasteiger partial charge on any atom is -0.298 e. The van der Waals surface area contributed by atoms with Crippen LogP contribution in [0.1, 0.15) is 11.1 Å². The molecule has 0 bridgehead atoms. The van der Waals surface area contributed by atoms with Gasteiger partial charge in [0.1, 0.15) is 0 Å². The normalized spacial score (nSPS) is 10.8. The van der Waals surface area contributed by atoms with E-state index in [-0.39, 0.29) is 0 Å². The lowest BCUT2D eigenvalue weighted by atomic mass is 10.2. The second-order valence-electron chi connectivity index (χ2n) is 5.46. The van der Waals surface area contributed by atoms with Gasteiger partial charge in [0.2, 0.25) is 0 Å². The van der Waals surface area contributed by atoms with E-state index in [0.717, 1.165) is 22.3 Å². The van der Waals surface area contributed by atoms with Crippen molar-refractivity contribution in [3.05, 3.63) is 77.3 Å². The van der Waals surface area contributed by atoms with Crippen molar-refractivity contribution in [2.75, 3.05) is 0 Å². The molecule has 1 aromatic heterocycles. The Hall–Kier alpha value is -2.04. The van der Waals surface area contributed by atoms with Crippen LogP contribution in [0.4, 0.5) is 0 Å². The molecule has 0 saturated carbocycles. The van der Waals surface area contributed by atoms with Crippen LogP contribution in [0.2, 0.25) is 5.02 Å². The summed E-state index contributed by atoms with van der Waals surface area (Å²) in [5, 5.41) is 10.3. The smallest absolute Gasteiger partial charge is 0.192 e. The lowest BCUT2D eigenvalue weighted by Gasteiger charge is -2.09. The van der Waals surface area contributed by atoms with Crippen LogP contribution in [0.15, 0.2) is 66.3 Å². The summed E-state index contributed by atoms with van der Waals surface area (Å²) in [5.41, 5.74) is 3.42. The molecule has 3 rings (SSSR count). The SMILES string of the molecule is C=CCn1c(SCc2cccc(C)c2)nnc1-c1ccccc1Cl. The number of benzene rings is 2. The Labute approximate surface area is 151 Å². The highest BCUT2D eigenvalue weighted by Gasteiger charge is 2.15. The molecule has 0 fully saturated rings. The molecule has 122 valence electrons. The largest absolute Gasteiger partial charge is 0.298 e. The van der Waals surface area contributed by atoms with Gasteiger partial charge in [-0.1, -0.05) is 71.4 Å². The zero-order chi connectivity index (χ0) is 16.9. The van der Waals surface area contributed by atoms with Crippen molar-refractivity contribution in [3.8, 4) is 11.4 Å². The topological polar surface area (TPSA) is 30.7 Å². The molecule has 0 aliphatic carbocycles. The molecule has 3 aromatic rings. The van der Waals surface area contributed by atoms with E-state index in [2.05, 4.69) is 52.5 Å². The molecule has 0 N–H and O–H groups in total. The number of thioether (sulfide) groups is 1. The van der Waals surface area contributed by atoms with Crippen molar-refractivity contribution in [2.45, 2.75) is 24.4 Å². The van der Waals surface area contributed by atoms with E-state index in [0.29, 0.717) is 11.6 Å². The molecule has 0 unspecified atom stereocenters. The van der Waals surface area contributed by atoms with Crippen LogP contribution < -0.4 is 0 Å². The van der Waals surface area contributed by atoms with Crippen molar-refractivity contribution < 1.29 is 0 Å². The van der Waals surface area contributed by atoms with E-state index in [1.54, 1.807) is 11.8 Å². The summed E-state index contributed by atoms with van der Waals surface area (Å²) in [4.78, 5) is 0. The molecule has 0 saturated heterocycles. The number of hydrogen-bond donors (Lipinski definition) is 0. The molecule has 2 aromatic carbocycles. The third-order valence-corrected chi connectivity index (χ3v) is 4.96. The molecule has 0 atom stereocenters. The van der Waals surface area contributed by atoms with E-state index >= 15 is 0 Å². The Balaban J connectivity index is 1.89. The summed E-state index contributed by atoms with van der Waals surface area (Å²) in [6, 6.07) is 16.2. The maximum absolute atomic E-state index is 6.32.